The van der Waals surface area contributed by atoms with Crippen LogP contribution >= 0.6 is 0 Å². The smallest absolute Gasteiger partial charge is 0.0545 e. The minimum absolute atomic E-state index is 0.404. The normalized spacial score (nSPS) is 26.6. The molecule has 0 aromatic rings. The second kappa shape index (κ2) is 4.06. The van der Waals surface area contributed by atoms with E-state index in [1.165, 1.54) is 38.8 Å². The zero-order valence-corrected chi connectivity index (χ0v) is 10.5. The molecule has 88 valence electrons. The van der Waals surface area contributed by atoms with E-state index in [0.717, 1.165) is 13.2 Å². The van der Waals surface area contributed by atoms with Crippen LogP contribution < -0.4 is 0 Å². The van der Waals surface area contributed by atoms with Gasteiger partial charge in [-0.15, -0.1) is 0 Å². The number of ether oxygens (including phenoxy) is 1. The highest BCUT2D eigenvalue weighted by molar-refractivity contribution is 4.94. The molecule has 2 aliphatic heterocycles. The predicted molar refractivity (Wildman–Crippen MR) is 63.0 cm³/mol. The summed E-state index contributed by atoms with van der Waals surface area (Å²) in [7, 11) is 0. The van der Waals surface area contributed by atoms with Gasteiger partial charge < -0.3 is 4.74 Å². The Labute approximate surface area is 94.0 Å². The van der Waals surface area contributed by atoms with Gasteiger partial charge in [0, 0.05) is 11.0 Å². The van der Waals surface area contributed by atoms with Crippen molar-refractivity contribution in [1.29, 1.82) is 0 Å². The van der Waals surface area contributed by atoms with E-state index in [0.29, 0.717) is 11.0 Å². The van der Waals surface area contributed by atoms with Gasteiger partial charge in [0.2, 0.25) is 0 Å². The molecule has 0 N–H and O–H groups in total. The van der Waals surface area contributed by atoms with Crippen molar-refractivity contribution < 1.29 is 4.74 Å². The molecule has 0 saturated carbocycles. The van der Waals surface area contributed by atoms with E-state index in [1.54, 1.807) is 0 Å². The third-order valence-electron chi connectivity index (χ3n) is 4.36. The van der Waals surface area contributed by atoms with Crippen LogP contribution in [0.2, 0.25) is 0 Å². The maximum Gasteiger partial charge on any atom is 0.0545 e. The molecule has 2 rings (SSSR count). The number of piperidine rings is 1. The summed E-state index contributed by atoms with van der Waals surface area (Å²) in [4.78, 5) is 2.68. The molecular weight excluding hydrogens is 186 g/mol. The van der Waals surface area contributed by atoms with Crippen molar-refractivity contribution in [3.05, 3.63) is 0 Å². The Morgan fingerprint density at radius 2 is 1.80 bits per heavy atom. The van der Waals surface area contributed by atoms with Crippen LogP contribution in [0.1, 0.15) is 46.5 Å². The van der Waals surface area contributed by atoms with Crippen molar-refractivity contribution in [1.82, 2.24) is 4.90 Å². The van der Waals surface area contributed by atoms with E-state index >= 15 is 0 Å². The summed E-state index contributed by atoms with van der Waals surface area (Å²) in [6.07, 6.45) is 5.30. The molecule has 0 unspecified atom stereocenters. The summed E-state index contributed by atoms with van der Waals surface area (Å²) >= 11 is 0. The zero-order chi connectivity index (χ0) is 10.9. The molecule has 0 aromatic heterocycles. The molecule has 2 fully saturated rings. The van der Waals surface area contributed by atoms with Crippen molar-refractivity contribution in [2.24, 2.45) is 5.41 Å². The Bertz CT molecular complexity index is 211. The molecule has 2 heterocycles. The number of hydrogen-bond donors (Lipinski definition) is 0. The number of rotatable bonds is 3. The van der Waals surface area contributed by atoms with E-state index in [2.05, 4.69) is 25.7 Å². The van der Waals surface area contributed by atoms with E-state index in [9.17, 15) is 0 Å². The Morgan fingerprint density at radius 3 is 2.20 bits per heavy atom. The van der Waals surface area contributed by atoms with Gasteiger partial charge in [-0.1, -0.05) is 13.3 Å². The largest absolute Gasteiger partial charge is 0.380 e. The lowest BCUT2D eigenvalue weighted by Crippen LogP contribution is -2.55. The fraction of sp³-hybridized carbons (Fsp3) is 1.00. The fourth-order valence-corrected chi connectivity index (χ4v) is 3.04. The summed E-state index contributed by atoms with van der Waals surface area (Å²) in [6, 6.07) is 0. The third-order valence-corrected chi connectivity index (χ3v) is 4.36. The lowest BCUT2D eigenvalue weighted by atomic mass is 9.75. The maximum atomic E-state index is 5.37. The Kier molecular flexibility index (Phi) is 3.09. The minimum Gasteiger partial charge on any atom is -0.380 e. The van der Waals surface area contributed by atoms with Gasteiger partial charge in [0.25, 0.3) is 0 Å². The summed E-state index contributed by atoms with van der Waals surface area (Å²) < 4.78 is 5.37. The minimum atomic E-state index is 0.404. The quantitative estimate of drug-likeness (QED) is 0.711. The van der Waals surface area contributed by atoms with Crippen molar-refractivity contribution in [3.8, 4) is 0 Å². The lowest BCUT2D eigenvalue weighted by Gasteiger charge is -2.51. The first-order chi connectivity index (χ1) is 7.08. The molecule has 1 spiro atoms. The number of nitrogens with zero attached hydrogens (tertiary/aromatic N) is 1. The summed E-state index contributed by atoms with van der Waals surface area (Å²) in [5, 5.41) is 0. The van der Waals surface area contributed by atoms with Crippen LogP contribution in [0.15, 0.2) is 0 Å². The molecule has 2 saturated heterocycles. The Morgan fingerprint density at radius 1 is 1.20 bits per heavy atom. The van der Waals surface area contributed by atoms with E-state index in [-0.39, 0.29) is 0 Å². The van der Waals surface area contributed by atoms with Gasteiger partial charge in [0.15, 0.2) is 0 Å². The average molecular weight is 211 g/mol. The second-order valence-corrected chi connectivity index (χ2v) is 6.04. The molecule has 0 radical (unpaired) electrons. The van der Waals surface area contributed by atoms with Crippen LogP contribution in [0.4, 0.5) is 0 Å². The van der Waals surface area contributed by atoms with Gasteiger partial charge in [0.1, 0.15) is 0 Å². The Hall–Kier alpha value is -0.0800. The topological polar surface area (TPSA) is 12.5 Å². The van der Waals surface area contributed by atoms with Crippen molar-refractivity contribution in [3.63, 3.8) is 0 Å². The van der Waals surface area contributed by atoms with Crippen LogP contribution in [0, 0.1) is 5.41 Å². The van der Waals surface area contributed by atoms with Crippen LogP contribution in [0.25, 0.3) is 0 Å². The van der Waals surface area contributed by atoms with Gasteiger partial charge >= 0.3 is 0 Å². The average Bonchev–Trinajstić information content (AvgIpc) is 2.15. The summed E-state index contributed by atoms with van der Waals surface area (Å²) in [5.41, 5.74) is 0.986. The monoisotopic (exact) mass is 211 g/mol. The SMILES string of the molecule is CCCC(C)(C)N1CCC2(CC1)COC2. The van der Waals surface area contributed by atoms with E-state index < -0.39 is 0 Å². The predicted octanol–water partition coefficient (Wildman–Crippen LogP) is 2.68. The molecule has 0 atom stereocenters. The third kappa shape index (κ3) is 2.21. The van der Waals surface area contributed by atoms with E-state index in [4.69, 9.17) is 4.74 Å². The molecule has 0 aliphatic carbocycles. The molecule has 0 bridgehead atoms. The van der Waals surface area contributed by atoms with Gasteiger partial charge in [0.05, 0.1) is 13.2 Å². The molecule has 0 aromatic carbocycles. The highest BCUT2D eigenvalue weighted by Crippen LogP contribution is 2.40. The first-order valence-corrected chi connectivity index (χ1v) is 6.41. The summed E-state index contributed by atoms with van der Waals surface area (Å²) in [6.45, 7) is 11.7. The highest BCUT2D eigenvalue weighted by Gasteiger charge is 2.43. The lowest BCUT2D eigenvalue weighted by molar-refractivity contribution is -0.147. The first-order valence-electron chi connectivity index (χ1n) is 6.41. The molecule has 0 amide bonds. The standard InChI is InChI=1S/C13H25NO/c1-4-5-12(2,3)14-8-6-13(7-9-14)10-15-11-13/h4-11H2,1-3H3. The molecule has 2 aliphatic rings. The number of likely N-dealkylation sites (tertiary alicyclic amines) is 1. The van der Waals surface area contributed by atoms with Gasteiger partial charge in [-0.2, -0.15) is 0 Å². The van der Waals surface area contributed by atoms with Crippen LogP contribution in [-0.2, 0) is 4.74 Å². The van der Waals surface area contributed by atoms with Gasteiger partial charge in [-0.05, 0) is 46.2 Å². The van der Waals surface area contributed by atoms with Crippen LogP contribution in [-0.4, -0.2) is 36.7 Å². The summed E-state index contributed by atoms with van der Waals surface area (Å²) in [5.74, 6) is 0. The Balaban J connectivity index is 1.86. The van der Waals surface area contributed by atoms with Gasteiger partial charge in [-0.25, -0.2) is 0 Å². The molecule has 2 heteroatoms. The molecule has 2 nitrogen and oxygen atoms in total. The highest BCUT2D eigenvalue weighted by atomic mass is 16.5. The second-order valence-electron chi connectivity index (χ2n) is 6.04. The van der Waals surface area contributed by atoms with Crippen molar-refractivity contribution in [2.75, 3.05) is 26.3 Å². The van der Waals surface area contributed by atoms with Crippen molar-refractivity contribution >= 4 is 0 Å². The fourth-order valence-electron chi connectivity index (χ4n) is 3.04. The van der Waals surface area contributed by atoms with Crippen LogP contribution in [0.3, 0.4) is 0 Å². The first kappa shape index (κ1) is 11.4. The van der Waals surface area contributed by atoms with Crippen molar-refractivity contribution in [2.45, 2.75) is 52.0 Å². The molecule has 15 heavy (non-hydrogen) atoms. The zero-order valence-electron chi connectivity index (χ0n) is 10.5. The van der Waals surface area contributed by atoms with Crippen LogP contribution in [0.5, 0.6) is 0 Å². The van der Waals surface area contributed by atoms with Gasteiger partial charge in [-0.3, -0.25) is 4.90 Å². The van der Waals surface area contributed by atoms with E-state index in [1.807, 2.05) is 0 Å². The molecular formula is C13H25NO. The maximum absolute atomic E-state index is 5.37. The number of hydrogen-bond acceptors (Lipinski definition) is 2.